The molecule has 1 unspecified atom stereocenters. The van der Waals surface area contributed by atoms with Crippen molar-refractivity contribution in [3.63, 3.8) is 0 Å². The van der Waals surface area contributed by atoms with Gasteiger partial charge in [0.15, 0.2) is 0 Å². The first-order valence-electron chi connectivity index (χ1n) is 5.07. The fourth-order valence-corrected chi connectivity index (χ4v) is 1.60. The van der Waals surface area contributed by atoms with Crippen LogP contribution in [0.15, 0.2) is 12.5 Å². The predicted molar refractivity (Wildman–Crippen MR) is 57.9 cm³/mol. The minimum absolute atomic E-state index is 0.00998. The first-order valence-corrected chi connectivity index (χ1v) is 5.07. The number of aromatic nitrogens is 2. The molecule has 1 rings (SSSR count). The SMILES string of the molecule is CC(CC(=O)O)c1cncn1C(C)(C)C. The molecule has 1 N–H and O–H groups in total. The lowest BCUT2D eigenvalue weighted by Gasteiger charge is -2.25. The summed E-state index contributed by atoms with van der Waals surface area (Å²) >= 11 is 0. The minimum Gasteiger partial charge on any atom is -0.481 e. The van der Waals surface area contributed by atoms with E-state index in [0.29, 0.717) is 0 Å². The second-order valence-electron chi connectivity index (χ2n) is 4.86. The van der Waals surface area contributed by atoms with Crippen LogP contribution in [0, 0.1) is 0 Å². The van der Waals surface area contributed by atoms with Crippen molar-refractivity contribution in [3.05, 3.63) is 18.2 Å². The van der Waals surface area contributed by atoms with E-state index in [-0.39, 0.29) is 17.9 Å². The number of rotatable bonds is 3. The molecule has 84 valence electrons. The maximum Gasteiger partial charge on any atom is 0.304 e. The van der Waals surface area contributed by atoms with Crippen molar-refractivity contribution in [3.8, 4) is 0 Å². The van der Waals surface area contributed by atoms with Gasteiger partial charge in [-0.25, -0.2) is 4.98 Å². The highest BCUT2D eigenvalue weighted by atomic mass is 16.4. The van der Waals surface area contributed by atoms with Gasteiger partial charge in [-0.1, -0.05) is 6.92 Å². The van der Waals surface area contributed by atoms with E-state index in [2.05, 4.69) is 25.8 Å². The van der Waals surface area contributed by atoms with Crippen LogP contribution in [0.3, 0.4) is 0 Å². The van der Waals surface area contributed by atoms with Crippen molar-refractivity contribution in [2.75, 3.05) is 0 Å². The van der Waals surface area contributed by atoms with Crippen molar-refractivity contribution >= 4 is 5.97 Å². The molecule has 1 aromatic rings. The largest absolute Gasteiger partial charge is 0.481 e. The Hall–Kier alpha value is -1.32. The molecule has 0 aliphatic carbocycles. The van der Waals surface area contributed by atoms with Crippen LogP contribution in [0.2, 0.25) is 0 Å². The summed E-state index contributed by atoms with van der Waals surface area (Å²) in [5.74, 6) is -0.784. The van der Waals surface area contributed by atoms with Crippen LogP contribution >= 0.6 is 0 Å². The minimum atomic E-state index is -0.774. The molecular weight excluding hydrogens is 192 g/mol. The number of carboxylic acids is 1. The summed E-state index contributed by atoms with van der Waals surface area (Å²) in [5.41, 5.74) is 0.920. The fraction of sp³-hybridized carbons (Fsp3) is 0.636. The van der Waals surface area contributed by atoms with Crippen LogP contribution in [0.1, 0.15) is 45.7 Å². The van der Waals surface area contributed by atoms with E-state index in [1.165, 1.54) is 0 Å². The molecule has 0 saturated carbocycles. The first kappa shape index (κ1) is 11.8. The highest BCUT2D eigenvalue weighted by Gasteiger charge is 2.21. The molecule has 0 aliphatic rings. The Morgan fingerprint density at radius 1 is 1.60 bits per heavy atom. The maximum absolute atomic E-state index is 10.6. The molecular formula is C11H18N2O2. The van der Waals surface area contributed by atoms with Crippen molar-refractivity contribution in [1.82, 2.24) is 9.55 Å². The van der Waals surface area contributed by atoms with Gasteiger partial charge in [0.25, 0.3) is 0 Å². The Morgan fingerprint density at radius 2 is 2.20 bits per heavy atom. The zero-order chi connectivity index (χ0) is 11.6. The normalized spacial score (nSPS) is 13.9. The van der Waals surface area contributed by atoms with Gasteiger partial charge in [0.1, 0.15) is 0 Å². The topological polar surface area (TPSA) is 55.1 Å². The highest BCUT2D eigenvalue weighted by molar-refractivity contribution is 5.67. The second-order valence-corrected chi connectivity index (χ2v) is 4.86. The molecule has 0 fully saturated rings. The molecule has 4 heteroatoms. The molecule has 0 saturated heterocycles. The molecule has 1 aromatic heterocycles. The van der Waals surface area contributed by atoms with Crippen LogP contribution in [-0.4, -0.2) is 20.6 Å². The molecule has 4 nitrogen and oxygen atoms in total. The summed E-state index contributed by atoms with van der Waals surface area (Å²) in [4.78, 5) is 14.7. The predicted octanol–water partition coefficient (Wildman–Crippen LogP) is 2.22. The van der Waals surface area contributed by atoms with Gasteiger partial charge < -0.3 is 9.67 Å². The molecule has 0 radical (unpaired) electrons. The third-order valence-corrected chi connectivity index (χ3v) is 2.38. The van der Waals surface area contributed by atoms with Crippen molar-refractivity contribution in [2.45, 2.75) is 45.6 Å². The average molecular weight is 210 g/mol. The fourth-order valence-electron chi connectivity index (χ4n) is 1.60. The van der Waals surface area contributed by atoms with Gasteiger partial charge in [-0.2, -0.15) is 0 Å². The molecule has 1 heterocycles. The number of hydrogen-bond donors (Lipinski definition) is 1. The van der Waals surface area contributed by atoms with Crippen LogP contribution in [0.25, 0.3) is 0 Å². The van der Waals surface area contributed by atoms with Gasteiger partial charge >= 0.3 is 5.97 Å². The van der Waals surface area contributed by atoms with E-state index in [0.717, 1.165) is 5.69 Å². The number of imidazole rings is 1. The first-order chi connectivity index (χ1) is 6.82. The number of nitrogens with zero attached hydrogens (tertiary/aromatic N) is 2. The monoisotopic (exact) mass is 210 g/mol. The van der Waals surface area contributed by atoms with E-state index in [4.69, 9.17) is 5.11 Å². The van der Waals surface area contributed by atoms with Crippen LogP contribution < -0.4 is 0 Å². The molecule has 0 aromatic carbocycles. The molecule has 0 amide bonds. The van der Waals surface area contributed by atoms with E-state index in [9.17, 15) is 4.79 Å². The Bertz CT molecular complexity index is 350. The Balaban J connectivity index is 2.95. The highest BCUT2D eigenvalue weighted by Crippen LogP contribution is 2.24. The third-order valence-electron chi connectivity index (χ3n) is 2.38. The van der Waals surface area contributed by atoms with E-state index in [1.54, 1.807) is 12.5 Å². The zero-order valence-corrected chi connectivity index (χ0v) is 9.69. The standard InChI is InChI=1S/C11H18N2O2/c1-8(5-10(14)15)9-6-12-7-13(9)11(2,3)4/h6-8H,5H2,1-4H3,(H,14,15). The third kappa shape index (κ3) is 2.81. The Labute approximate surface area is 89.9 Å². The molecule has 0 bridgehead atoms. The quantitative estimate of drug-likeness (QED) is 0.832. The van der Waals surface area contributed by atoms with E-state index >= 15 is 0 Å². The summed E-state index contributed by atoms with van der Waals surface area (Å²) in [6, 6.07) is 0. The van der Waals surface area contributed by atoms with Gasteiger partial charge in [-0.3, -0.25) is 4.79 Å². The summed E-state index contributed by atoms with van der Waals surface area (Å²) < 4.78 is 2.03. The summed E-state index contributed by atoms with van der Waals surface area (Å²) in [6.45, 7) is 8.14. The summed E-state index contributed by atoms with van der Waals surface area (Å²) in [6.07, 6.45) is 3.65. The second kappa shape index (κ2) is 4.04. The smallest absolute Gasteiger partial charge is 0.304 e. The molecule has 0 spiro atoms. The van der Waals surface area contributed by atoms with Gasteiger partial charge in [0, 0.05) is 23.3 Å². The Kier molecular flexibility index (Phi) is 3.17. The van der Waals surface area contributed by atoms with Gasteiger partial charge in [-0.05, 0) is 20.8 Å². The zero-order valence-electron chi connectivity index (χ0n) is 9.69. The van der Waals surface area contributed by atoms with Crippen molar-refractivity contribution in [2.24, 2.45) is 0 Å². The molecule has 0 aliphatic heterocycles. The van der Waals surface area contributed by atoms with Gasteiger partial charge in [0.2, 0.25) is 0 Å². The molecule has 15 heavy (non-hydrogen) atoms. The van der Waals surface area contributed by atoms with E-state index in [1.807, 2.05) is 11.5 Å². The number of carbonyl (C=O) groups is 1. The lowest BCUT2D eigenvalue weighted by atomic mass is 10.0. The van der Waals surface area contributed by atoms with Gasteiger partial charge in [-0.15, -0.1) is 0 Å². The summed E-state index contributed by atoms with van der Waals surface area (Å²) in [5, 5.41) is 8.75. The van der Waals surface area contributed by atoms with Crippen molar-refractivity contribution < 1.29 is 9.90 Å². The number of carboxylic acid groups (broad SMARTS) is 1. The van der Waals surface area contributed by atoms with Crippen molar-refractivity contribution in [1.29, 1.82) is 0 Å². The maximum atomic E-state index is 10.6. The number of hydrogen-bond acceptors (Lipinski definition) is 2. The van der Waals surface area contributed by atoms with E-state index < -0.39 is 5.97 Å². The van der Waals surface area contributed by atoms with Crippen LogP contribution in [-0.2, 0) is 10.3 Å². The lowest BCUT2D eigenvalue weighted by molar-refractivity contribution is -0.137. The lowest BCUT2D eigenvalue weighted by Crippen LogP contribution is -2.24. The Morgan fingerprint density at radius 3 is 2.67 bits per heavy atom. The summed E-state index contributed by atoms with van der Waals surface area (Å²) in [7, 11) is 0. The molecule has 1 atom stereocenters. The number of aliphatic carboxylic acids is 1. The van der Waals surface area contributed by atoms with Crippen LogP contribution in [0.4, 0.5) is 0 Å². The van der Waals surface area contributed by atoms with Crippen LogP contribution in [0.5, 0.6) is 0 Å². The van der Waals surface area contributed by atoms with Gasteiger partial charge in [0.05, 0.1) is 12.7 Å². The average Bonchev–Trinajstić information content (AvgIpc) is 2.48.